The van der Waals surface area contributed by atoms with E-state index in [1.165, 1.54) is 0 Å². The maximum absolute atomic E-state index is 6.16. The van der Waals surface area contributed by atoms with Crippen LogP contribution in [-0.2, 0) is 7.05 Å². The lowest BCUT2D eigenvalue weighted by molar-refractivity contribution is 0.393. The molecule has 0 radical (unpaired) electrons. The van der Waals surface area contributed by atoms with Crippen LogP contribution in [0.2, 0.25) is 5.02 Å². The number of halogens is 1. The number of nitrogens with zero attached hydrogens (tertiary/aromatic N) is 3. The van der Waals surface area contributed by atoms with Crippen LogP contribution >= 0.6 is 11.6 Å². The van der Waals surface area contributed by atoms with Crippen LogP contribution < -0.4 is 10.1 Å². The zero-order valence-corrected chi connectivity index (χ0v) is 17.2. The SMILES string of the molecule is COc1cc(Cl)cc(C)c1Nc1nc2cccc(-c3c(C)noc3C)c2n1C. The zero-order valence-electron chi connectivity index (χ0n) is 16.4. The molecule has 0 fully saturated rings. The highest BCUT2D eigenvalue weighted by molar-refractivity contribution is 6.31. The minimum absolute atomic E-state index is 0.630. The predicted octanol–water partition coefficient (Wildman–Crippen LogP) is 5.56. The van der Waals surface area contributed by atoms with Crippen LogP contribution in [0.25, 0.3) is 22.2 Å². The number of methoxy groups -OCH3 is 1. The van der Waals surface area contributed by atoms with E-state index in [1.54, 1.807) is 13.2 Å². The molecule has 4 rings (SSSR count). The summed E-state index contributed by atoms with van der Waals surface area (Å²) in [5, 5.41) is 8.13. The molecule has 28 heavy (non-hydrogen) atoms. The molecule has 144 valence electrons. The summed E-state index contributed by atoms with van der Waals surface area (Å²) < 4.78 is 12.9. The molecule has 0 saturated heterocycles. The van der Waals surface area contributed by atoms with E-state index in [-0.39, 0.29) is 0 Å². The highest BCUT2D eigenvalue weighted by Crippen LogP contribution is 2.37. The van der Waals surface area contributed by atoms with Crippen molar-refractivity contribution < 1.29 is 9.26 Å². The van der Waals surface area contributed by atoms with E-state index in [4.69, 9.17) is 25.8 Å². The molecule has 1 N–H and O–H groups in total. The van der Waals surface area contributed by atoms with Crippen LogP contribution in [0.3, 0.4) is 0 Å². The lowest BCUT2D eigenvalue weighted by atomic mass is 10.0. The molecule has 0 atom stereocenters. The molecule has 6 nitrogen and oxygen atoms in total. The third-order valence-electron chi connectivity index (χ3n) is 4.92. The highest BCUT2D eigenvalue weighted by atomic mass is 35.5. The monoisotopic (exact) mass is 396 g/mol. The van der Waals surface area contributed by atoms with Gasteiger partial charge in [-0.1, -0.05) is 28.9 Å². The van der Waals surface area contributed by atoms with E-state index in [1.807, 2.05) is 50.6 Å². The Labute approximate surface area is 168 Å². The number of anilines is 2. The average Bonchev–Trinajstić information content (AvgIpc) is 3.16. The quantitative estimate of drug-likeness (QED) is 0.489. The van der Waals surface area contributed by atoms with E-state index in [2.05, 4.69) is 16.5 Å². The van der Waals surface area contributed by atoms with Crippen molar-refractivity contribution in [3.8, 4) is 16.9 Å². The van der Waals surface area contributed by atoms with Crippen molar-refractivity contribution in [3.63, 3.8) is 0 Å². The van der Waals surface area contributed by atoms with Crippen molar-refractivity contribution >= 4 is 34.3 Å². The lowest BCUT2D eigenvalue weighted by Gasteiger charge is -2.14. The number of rotatable bonds is 4. The second-order valence-electron chi connectivity index (χ2n) is 6.79. The summed E-state index contributed by atoms with van der Waals surface area (Å²) in [5.74, 6) is 2.16. The lowest BCUT2D eigenvalue weighted by Crippen LogP contribution is -2.03. The number of aryl methyl sites for hydroxylation is 4. The highest BCUT2D eigenvalue weighted by Gasteiger charge is 2.19. The van der Waals surface area contributed by atoms with Gasteiger partial charge in [0.15, 0.2) is 0 Å². The number of imidazole rings is 1. The summed E-state index contributed by atoms with van der Waals surface area (Å²) in [6.45, 7) is 5.85. The number of hydrogen-bond acceptors (Lipinski definition) is 5. The number of fused-ring (bicyclic) bond motifs is 1. The van der Waals surface area contributed by atoms with Gasteiger partial charge in [0.25, 0.3) is 0 Å². The summed E-state index contributed by atoms with van der Waals surface area (Å²) >= 11 is 6.16. The minimum atomic E-state index is 0.630. The smallest absolute Gasteiger partial charge is 0.208 e. The van der Waals surface area contributed by atoms with E-state index in [0.29, 0.717) is 16.7 Å². The fourth-order valence-corrected chi connectivity index (χ4v) is 3.86. The normalized spacial score (nSPS) is 11.2. The zero-order chi connectivity index (χ0) is 20.0. The Balaban J connectivity index is 1.88. The summed E-state index contributed by atoms with van der Waals surface area (Å²) in [6, 6.07) is 9.73. The Kier molecular flexibility index (Phi) is 4.51. The number of hydrogen-bond donors (Lipinski definition) is 1. The van der Waals surface area contributed by atoms with E-state index in [0.717, 1.165) is 44.9 Å². The van der Waals surface area contributed by atoms with Gasteiger partial charge in [-0.2, -0.15) is 0 Å². The maximum atomic E-state index is 6.16. The second-order valence-corrected chi connectivity index (χ2v) is 7.23. The fraction of sp³-hybridized carbons (Fsp3) is 0.238. The van der Waals surface area contributed by atoms with Crippen LogP contribution in [0.1, 0.15) is 17.0 Å². The topological polar surface area (TPSA) is 65.1 Å². The van der Waals surface area contributed by atoms with Gasteiger partial charge >= 0.3 is 0 Å². The van der Waals surface area contributed by atoms with E-state index < -0.39 is 0 Å². The fourth-order valence-electron chi connectivity index (χ4n) is 3.60. The van der Waals surface area contributed by atoms with Crippen LogP contribution in [0.4, 0.5) is 11.6 Å². The number of para-hydroxylation sites is 1. The molecule has 2 heterocycles. The van der Waals surface area contributed by atoms with Crippen LogP contribution in [0, 0.1) is 20.8 Å². The molecule has 2 aromatic heterocycles. The van der Waals surface area contributed by atoms with Crippen molar-refractivity contribution in [2.75, 3.05) is 12.4 Å². The molecule has 0 aliphatic heterocycles. The van der Waals surface area contributed by atoms with Crippen LogP contribution in [0.5, 0.6) is 5.75 Å². The summed E-state index contributed by atoms with van der Waals surface area (Å²) in [6.07, 6.45) is 0. The first-order valence-electron chi connectivity index (χ1n) is 8.90. The summed E-state index contributed by atoms with van der Waals surface area (Å²) in [5.41, 5.74) is 6.59. The third kappa shape index (κ3) is 2.90. The first-order valence-corrected chi connectivity index (χ1v) is 9.28. The number of benzene rings is 2. The largest absolute Gasteiger partial charge is 0.495 e. The first-order chi connectivity index (χ1) is 13.4. The molecule has 7 heteroatoms. The number of aromatic nitrogens is 3. The standard InChI is InChI=1S/C21H21ClN4O2/c1-11-9-14(22)10-17(27-5)19(11)24-21-23-16-8-6-7-15(20(16)26(21)4)18-12(2)25-28-13(18)3/h6-10H,1-5H3,(H,23,24). The second kappa shape index (κ2) is 6.87. The van der Waals surface area contributed by atoms with Crippen molar-refractivity contribution in [1.82, 2.24) is 14.7 Å². The molecule has 0 saturated carbocycles. The predicted molar refractivity (Wildman–Crippen MR) is 112 cm³/mol. The molecule has 0 amide bonds. The first kappa shape index (κ1) is 18.4. The molecule has 0 spiro atoms. The number of nitrogens with one attached hydrogen (secondary N) is 1. The Morgan fingerprint density at radius 2 is 1.96 bits per heavy atom. The molecule has 0 bridgehead atoms. The van der Waals surface area contributed by atoms with Crippen molar-refractivity contribution in [2.24, 2.45) is 7.05 Å². The molecule has 0 unspecified atom stereocenters. The van der Waals surface area contributed by atoms with Gasteiger partial charge in [0, 0.05) is 29.3 Å². The Hall–Kier alpha value is -2.99. The third-order valence-corrected chi connectivity index (χ3v) is 5.14. The number of ether oxygens (including phenoxy) is 1. The molecule has 4 aromatic rings. The van der Waals surface area contributed by atoms with Crippen LogP contribution in [-0.4, -0.2) is 21.8 Å². The molecule has 0 aliphatic carbocycles. The summed E-state index contributed by atoms with van der Waals surface area (Å²) in [7, 11) is 3.61. The molecular formula is C21H21ClN4O2. The van der Waals surface area contributed by atoms with Gasteiger partial charge in [-0.05, 0) is 38.5 Å². The van der Waals surface area contributed by atoms with Gasteiger partial charge in [0.1, 0.15) is 11.5 Å². The average molecular weight is 397 g/mol. The van der Waals surface area contributed by atoms with Gasteiger partial charge in [-0.25, -0.2) is 4.98 Å². The Bertz CT molecular complexity index is 1170. The van der Waals surface area contributed by atoms with E-state index >= 15 is 0 Å². The Morgan fingerprint density at radius 3 is 2.64 bits per heavy atom. The van der Waals surface area contributed by atoms with Crippen molar-refractivity contribution in [2.45, 2.75) is 20.8 Å². The minimum Gasteiger partial charge on any atom is -0.495 e. The van der Waals surface area contributed by atoms with Crippen molar-refractivity contribution in [3.05, 3.63) is 52.4 Å². The van der Waals surface area contributed by atoms with Gasteiger partial charge in [0.05, 0.1) is 29.5 Å². The van der Waals surface area contributed by atoms with Crippen molar-refractivity contribution in [1.29, 1.82) is 0 Å². The van der Waals surface area contributed by atoms with Gasteiger partial charge in [-0.3, -0.25) is 0 Å². The molecule has 2 aromatic carbocycles. The van der Waals surface area contributed by atoms with Gasteiger partial charge < -0.3 is 19.1 Å². The van der Waals surface area contributed by atoms with E-state index in [9.17, 15) is 0 Å². The van der Waals surface area contributed by atoms with Crippen LogP contribution in [0.15, 0.2) is 34.9 Å². The summed E-state index contributed by atoms with van der Waals surface area (Å²) in [4.78, 5) is 4.79. The van der Waals surface area contributed by atoms with Gasteiger partial charge in [-0.15, -0.1) is 0 Å². The molecule has 0 aliphatic rings. The molecular weight excluding hydrogens is 376 g/mol. The maximum Gasteiger partial charge on any atom is 0.208 e. The van der Waals surface area contributed by atoms with Gasteiger partial charge in [0.2, 0.25) is 5.95 Å². The Morgan fingerprint density at radius 1 is 1.18 bits per heavy atom.